The zero-order valence-corrected chi connectivity index (χ0v) is 12.6. The highest BCUT2D eigenvalue weighted by atomic mass is 35.5. The van der Waals surface area contributed by atoms with E-state index in [1.165, 1.54) is 6.07 Å². The number of nitrogens with one attached hydrogen (secondary N) is 1. The van der Waals surface area contributed by atoms with Crippen LogP contribution in [0.3, 0.4) is 0 Å². The smallest absolute Gasteiger partial charge is 0.224 e. The highest BCUT2D eigenvalue weighted by Crippen LogP contribution is 2.27. The summed E-state index contributed by atoms with van der Waals surface area (Å²) in [4.78, 5) is 14.0. The van der Waals surface area contributed by atoms with Crippen LogP contribution in [-0.2, 0) is 11.2 Å². The second-order valence-electron chi connectivity index (χ2n) is 5.05. The van der Waals surface area contributed by atoms with Gasteiger partial charge in [-0.15, -0.1) is 12.4 Å². The van der Waals surface area contributed by atoms with Gasteiger partial charge < -0.3 is 10.2 Å². The molecule has 1 aliphatic rings. The summed E-state index contributed by atoms with van der Waals surface area (Å²) >= 11 is 0. The maximum absolute atomic E-state index is 13.1. The molecule has 112 valence electrons. The van der Waals surface area contributed by atoms with E-state index in [0.29, 0.717) is 25.6 Å². The van der Waals surface area contributed by atoms with Crippen LogP contribution < -0.4 is 5.32 Å². The van der Waals surface area contributed by atoms with E-state index in [2.05, 4.69) is 5.32 Å². The fourth-order valence-electron chi connectivity index (χ4n) is 2.21. The van der Waals surface area contributed by atoms with E-state index in [0.717, 1.165) is 24.8 Å². The molecule has 0 aromatic heterocycles. The van der Waals surface area contributed by atoms with Crippen molar-refractivity contribution in [2.75, 3.05) is 20.1 Å². The standard InChI is InChI=1S/C15H21FN2O.ClH/c1-17-9-7-15(19)18(14-5-6-14)10-8-12-3-2-4-13(16)11-12;/h2-4,11,14,17H,5-10H2,1H3;1H. The molecule has 0 atom stereocenters. The lowest BCUT2D eigenvalue weighted by molar-refractivity contribution is -0.131. The van der Waals surface area contributed by atoms with Gasteiger partial charge in [0.25, 0.3) is 0 Å². The molecule has 0 unspecified atom stereocenters. The largest absolute Gasteiger partial charge is 0.339 e. The number of rotatable bonds is 7. The number of hydrogen-bond acceptors (Lipinski definition) is 2. The molecule has 1 aromatic carbocycles. The van der Waals surface area contributed by atoms with Crippen molar-refractivity contribution in [2.45, 2.75) is 31.7 Å². The third kappa shape index (κ3) is 5.10. The molecule has 5 heteroatoms. The SMILES string of the molecule is CNCCC(=O)N(CCc1cccc(F)c1)C1CC1.Cl. The topological polar surface area (TPSA) is 32.3 Å². The van der Waals surface area contributed by atoms with Crippen molar-refractivity contribution < 1.29 is 9.18 Å². The number of nitrogens with zero attached hydrogens (tertiary/aromatic N) is 1. The quantitative estimate of drug-likeness (QED) is 0.838. The van der Waals surface area contributed by atoms with Crippen LogP contribution in [0.15, 0.2) is 24.3 Å². The van der Waals surface area contributed by atoms with Gasteiger partial charge in [0, 0.05) is 25.6 Å². The van der Waals surface area contributed by atoms with Crippen molar-refractivity contribution >= 4 is 18.3 Å². The van der Waals surface area contributed by atoms with Crippen LogP contribution in [-0.4, -0.2) is 37.0 Å². The normalized spacial score (nSPS) is 13.7. The molecule has 2 rings (SSSR count). The molecule has 0 aliphatic heterocycles. The predicted octanol–water partition coefficient (Wildman–Crippen LogP) is 2.39. The highest BCUT2D eigenvalue weighted by Gasteiger charge is 2.31. The van der Waals surface area contributed by atoms with E-state index in [1.807, 2.05) is 18.0 Å². The third-order valence-electron chi connectivity index (χ3n) is 3.43. The maximum atomic E-state index is 13.1. The summed E-state index contributed by atoms with van der Waals surface area (Å²) in [5.41, 5.74) is 0.951. The average molecular weight is 301 g/mol. The monoisotopic (exact) mass is 300 g/mol. The Balaban J connectivity index is 0.00000200. The van der Waals surface area contributed by atoms with Gasteiger partial charge in [-0.3, -0.25) is 4.79 Å². The Morgan fingerprint density at radius 1 is 1.45 bits per heavy atom. The van der Waals surface area contributed by atoms with Gasteiger partial charge >= 0.3 is 0 Å². The van der Waals surface area contributed by atoms with E-state index >= 15 is 0 Å². The number of carbonyl (C=O) groups excluding carboxylic acids is 1. The highest BCUT2D eigenvalue weighted by molar-refractivity contribution is 5.85. The van der Waals surface area contributed by atoms with Crippen molar-refractivity contribution in [1.82, 2.24) is 10.2 Å². The van der Waals surface area contributed by atoms with Crippen LogP contribution in [0.2, 0.25) is 0 Å². The van der Waals surface area contributed by atoms with E-state index < -0.39 is 0 Å². The van der Waals surface area contributed by atoms with Crippen molar-refractivity contribution in [3.63, 3.8) is 0 Å². The molecule has 0 saturated heterocycles. The van der Waals surface area contributed by atoms with Gasteiger partial charge in [0.1, 0.15) is 5.82 Å². The van der Waals surface area contributed by atoms with Crippen LogP contribution >= 0.6 is 12.4 Å². The van der Waals surface area contributed by atoms with Gasteiger partial charge in [0.15, 0.2) is 0 Å². The fraction of sp³-hybridized carbons (Fsp3) is 0.533. The molecule has 1 saturated carbocycles. The minimum Gasteiger partial charge on any atom is -0.339 e. The molecular formula is C15H22ClFN2O. The molecular weight excluding hydrogens is 279 g/mol. The lowest BCUT2D eigenvalue weighted by Gasteiger charge is -2.22. The van der Waals surface area contributed by atoms with Gasteiger partial charge in [-0.05, 0) is 44.0 Å². The van der Waals surface area contributed by atoms with Crippen LogP contribution in [0.25, 0.3) is 0 Å². The molecule has 0 spiro atoms. The van der Waals surface area contributed by atoms with E-state index in [9.17, 15) is 9.18 Å². The Hall–Kier alpha value is -1.13. The van der Waals surface area contributed by atoms with Crippen molar-refractivity contribution in [2.24, 2.45) is 0 Å². The Kier molecular flexibility index (Phi) is 6.96. The Labute approximate surface area is 125 Å². The summed E-state index contributed by atoms with van der Waals surface area (Å²) in [6.07, 6.45) is 3.47. The molecule has 0 bridgehead atoms. The first-order valence-electron chi connectivity index (χ1n) is 6.89. The van der Waals surface area contributed by atoms with E-state index in [4.69, 9.17) is 0 Å². The second kappa shape index (κ2) is 8.22. The second-order valence-corrected chi connectivity index (χ2v) is 5.05. The summed E-state index contributed by atoms with van der Waals surface area (Å²) < 4.78 is 13.1. The predicted molar refractivity (Wildman–Crippen MR) is 80.6 cm³/mol. The maximum Gasteiger partial charge on any atom is 0.224 e. The Morgan fingerprint density at radius 2 is 2.20 bits per heavy atom. The Morgan fingerprint density at radius 3 is 2.80 bits per heavy atom. The van der Waals surface area contributed by atoms with Gasteiger partial charge in [-0.25, -0.2) is 4.39 Å². The van der Waals surface area contributed by atoms with Crippen molar-refractivity contribution in [3.8, 4) is 0 Å². The lowest BCUT2D eigenvalue weighted by atomic mass is 10.1. The molecule has 1 fully saturated rings. The molecule has 20 heavy (non-hydrogen) atoms. The number of carbonyl (C=O) groups is 1. The third-order valence-corrected chi connectivity index (χ3v) is 3.43. The molecule has 1 aromatic rings. The first-order valence-corrected chi connectivity index (χ1v) is 6.89. The first-order chi connectivity index (χ1) is 9.20. The number of halogens is 2. The van der Waals surface area contributed by atoms with Crippen LogP contribution in [0, 0.1) is 5.82 Å². The van der Waals surface area contributed by atoms with Gasteiger partial charge in [-0.2, -0.15) is 0 Å². The zero-order chi connectivity index (χ0) is 13.7. The number of hydrogen-bond donors (Lipinski definition) is 1. The summed E-state index contributed by atoms with van der Waals surface area (Å²) in [5, 5.41) is 3.00. The minimum absolute atomic E-state index is 0. The zero-order valence-electron chi connectivity index (χ0n) is 11.8. The van der Waals surface area contributed by atoms with Crippen molar-refractivity contribution in [1.29, 1.82) is 0 Å². The molecule has 1 amide bonds. The molecule has 1 N–H and O–H groups in total. The molecule has 0 heterocycles. The van der Waals surface area contributed by atoms with Crippen LogP contribution in [0.5, 0.6) is 0 Å². The van der Waals surface area contributed by atoms with Crippen molar-refractivity contribution in [3.05, 3.63) is 35.6 Å². The number of benzene rings is 1. The molecule has 0 radical (unpaired) electrons. The van der Waals surface area contributed by atoms with Crippen LogP contribution in [0.1, 0.15) is 24.8 Å². The summed E-state index contributed by atoms with van der Waals surface area (Å²) in [6.45, 7) is 1.40. The van der Waals surface area contributed by atoms with Gasteiger partial charge in [0.05, 0.1) is 0 Å². The summed E-state index contributed by atoms with van der Waals surface area (Å²) in [7, 11) is 1.85. The molecule has 3 nitrogen and oxygen atoms in total. The fourth-order valence-corrected chi connectivity index (χ4v) is 2.21. The lowest BCUT2D eigenvalue weighted by Crippen LogP contribution is -2.36. The average Bonchev–Trinajstić information content (AvgIpc) is 3.21. The first kappa shape index (κ1) is 16.9. The van der Waals surface area contributed by atoms with Gasteiger partial charge in [0.2, 0.25) is 5.91 Å². The summed E-state index contributed by atoms with van der Waals surface area (Å²) in [5.74, 6) is -0.00904. The number of amides is 1. The summed E-state index contributed by atoms with van der Waals surface area (Å²) in [6, 6.07) is 7.03. The molecule has 1 aliphatic carbocycles. The van der Waals surface area contributed by atoms with E-state index in [-0.39, 0.29) is 24.1 Å². The van der Waals surface area contributed by atoms with Crippen LogP contribution in [0.4, 0.5) is 4.39 Å². The van der Waals surface area contributed by atoms with E-state index in [1.54, 1.807) is 12.1 Å². The van der Waals surface area contributed by atoms with Gasteiger partial charge in [-0.1, -0.05) is 12.1 Å². The Bertz CT molecular complexity index is 438. The minimum atomic E-state index is -0.211.